The summed E-state index contributed by atoms with van der Waals surface area (Å²) in [6, 6.07) is 23.7. The highest BCUT2D eigenvalue weighted by Gasteiger charge is 2.31. The summed E-state index contributed by atoms with van der Waals surface area (Å²) in [5, 5.41) is 11.3. The van der Waals surface area contributed by atoms with E-state index in [1.807, 2.05) is 0 Å². The highest BCUT2D eigenvalue weighted by atomic mass is 35.5. The van der Waals surface area contributed by atoms with Gasteiger partial charge in [0.15, 0.2) is 0 Å². The van der Waals surface area contributed by atoms with E-state index in [2.05, 4.69) is 6.07 Å². The summed E-state index contributed by atoms with van der Waals surface area (Å²) in [7, 11) is 0. The van der Waals surface area contributed by atoms with Gasteiger partial charge < -0.3 is 19.9 Å². The van der Waals surface area contributed by atoms with Crippen LogP contribution in [0.4, 0.5) is 4.39 Å². The molecule has 2 N–H and O–H groups in total. The summed E-state index contributed by atoms with van der Waals surface area (Å²) in [5.41, 5.74) is 8.21. The highest BCUT2D eigenvalue weighted by molar-refractivity contribution is 7.21. The average molecular weight is 652 g/mol. The molecule has 5 aromatic rings. The maximum absolute atomic E-state index is 14.0. The Hall–Kier alpha value is -4.26. The van der Waals surface area contributed by atoms with Gasteiger partial charge in [-0.1, -0.05) is 71.2 Å². The molecule has 1 aromatic heterocycles. The van der Waals surface area contributed by atoms with Gasteiger partial charge in [0.2, 0.25) is 5.88 Å². The number of hydrogen-bond acceptors (Lipinski definition) is 7. The fourth-order valence-corrected chi connectivity index (χ4v) is 7.02. The Bertz CT molecular complexity index is 1990. The number of nitrogens with zero attached hydrogens (tertiary/aromatic N) is 1. The van der Waals surface area contributed by atoms with E-state index in [9.17, 15) is 14.4 Å². The second-order valence-electron chi connectivity index (χ2n) is 9.47. The molecule has 0 fully saturated rings. The van der Waals surface area contributed by atoms with Crippen LogP contribution in [0.15, 0.2) is 90.3 Å². The van der Waals surface area contributed by atoms with E-state index in [4.69, 9.17) is 54.7 Å². The largest absolute Gasteiger partial charge is 0.489 e. The van der Waals surface area contributed by atoms with Gasteiger partial charge in [0, 0.05) is 32.3 Å². The van der Waals surface area contributed by atoms with Crippen molar-refractivity contribution in [3.8, 4) is 23.3 Å². The summed E-state index contributed by atoms with van der Waals surface area (Å²) in [6.45, 7) is 0.0669. The zero-order valence-electron chi connectivity index (χ0n) is 21.9. The van der Waals surface area contributed by atoms with Gasteiger partial charge >= 0.3 is 5.97 Å². The normalized spacial score (nSPS) is 14.2. The summed E-state index contributed by atoms with van der Waals surface area (Å²) >= 11 is 20.0. The highest BCUT2D eigenvalue weighted by Crippen LogP contribution is 2.45. The minimum atomic E-state index is -0.683. The Morgan fingerprint density at radius 2 is 1.77 bits per heavy atom. The number of ether oxygens (including phenoxy) is 3. The monoisotopic (exact) mass is 650 g/mol. The van der Waals surface area contributed by atoms with E-state index in [0.29, 0.717) is 42.8 Å². The number of fused-ring (bicyclic) bond motifs is 2. The minimum absolute atomic E-state index is 0.0669. The SMILES string of the molecule is N#CC1=C(N)Oc2cc(OC(=O)c3sc4cc(Cl)cc(Cl)c4c3Cl)ccc2C1c1ccc(OCc2ccccc2F)cc1. The molecule has 2 heterocycles. The van der Waals surface area contributed by atoms with E-state index in [1.165, 1.54) is 12.1 Å². The maximum Gasteiger partial charge on any atom is 0.355 e. The third-order valence-electron chi connectivity index (χ3n) is 6.80. The molecule has 0 saturated heterocycles. The average Bonchev–Trinajstić information content (AvgIpc) is 3.32. The topological polar surface area (TPSA) is 94.6 Å². The van der Waals surface area contributed by atoms with Crippen LogP contribution in [-0.4, -0.2) is 5.97 Å². The first-order valence-corrected chi connectivity index (χ1v) is 14.7. The molecule has 6 rings (SSSR count). The second-order valence-corrected chi connectivity index (χ2v) is 11.7. The van der Waals surface area contributed by atoms with E-state index in [1.54, 1.807) is 66.7 Å². The molecule has 1 unspecified atom stereocenters. The number of rotatable bonds is 6. The van der Waals surface area contributed by atoms with Crippen molar-refractivity contribution in [3.05, 3.63) is 133 Å². The molecule has 214 valence electrons. The quantitative estimate of drug-likeness (QED) is 0.145. The van der Waals surface area contributed by atoms with Gasteiger partial charge in [-0.2, -0.15) is 5.26 Å². The van der Waals surface area contributed by atoms with Crippen molar-refractivity contribution in [1.29, 1.82) is 5.26 Å². The fourth-order valence-electron chi connectivity index (χ4n) is 4.77. The molecule has 0 bridgehead atoms. The molecule has 43 heavy (non-hydrogen) atoms. The Labute approximate surface area is 264 Å². The van der Waals surface area contributed by atoms with Crippen LogP contribution in [0.2, 0.25) is 15.1 Å². The minimum Gasteiger partial charge on any atom is -0.489 e. The molecule has 4 aromatic carbocycles. The molecular weight excluding hydrogens is 634 g/mol. The van der Waals surface area contributed by atoms with Crippen molar-refractivity contribution >= 4 is 62.2 Å². The summed E-state index contributed by atoms with van der Waals surface area (Å²) < 4.78 is 31.7. The molecule has 0 amide bonds. The molecule has 1 atom stereocenters. The number of allylic oxidation sites excluding steroid dienone is 1. The van der Waals surface area contributed by atoms with E-state index < -0.39 is 11.9 Å². The third-order valence-corrected chi connectivity index (χ3v) is 8.92. The summed E-state index contributed by atoms with van der Waals surface area (Å²) in [6.07, 6.45) is 0. The molecule has 1 aliphatic rings. The first-order valence-electron chi connectivity index (χ1n) is 12.7. The molecule has 0 spiro atoms. The van der Waals surface area contributed by atoms with E-state index in [-0.39, 0.29) is 39.5 Å². The van der Waals surface area contributed by atoms with Crippen LogP contribution < -0.4 is 19.9 Å². The predicted molar refractivity (Wildman–Crippen MR) is 165 cm³/mol. The second kappa shape index (κ2) is 11.8. The van der Waals surface area contributed by atoms with Crippen LogP contribution >= 0.6 is 46.1 Å². The number of thiophene rings is 1. The van der Waals surface area contributed by atoms with Gasteiger partial charge in [0.05, 0.1) is 16.0 Å². The van der Waals surface area contributed by atoms with E-state index >= 15 is 0 Å². The fraction of sp³-hybridized carbons (Fsp3) is 0.0625. The Balaban J connectivity index is 1.25. The van der Waals surface area contributed by atoms with Crippen molar-refractivity contribution in [3.63, 3.8) is 0 Å². The molecule has 1 aliphatic heterocycles. The number of nitriles is 1. The van der Waals surface area contributed by atoms with Gasteiger partial charge in [-0.25, -0.2) is 9.18 Å². The van der Waals surface area contributed by atoms with Gasteiger partial charge in [0.1, 0.15) is 46.2 Å². The van der Waals surface area contributed by atoms with E-state index in [0.717, 1.165) is 16.9 Å². The summed E-state index contributed by atoms with van der Waals surface area (Å²) in [5.74, 6) is -0.610. The van der Waals surface area contributed by atoms with Crippen molar-refractivity contribution < 1.29 is 23.4 Å². The predicted octanol–water partition coefficient (Wildman–Crippen LogP) is 9.02. The molecule has 0 aliphatic carbocycles. The molecule has 6 nitrogen and oxygen atoms in total. The Kier molecular flexibility index (Phi) is 7.91. The molecule has 0 saturated carbocycles. The van der Waals surface area contributed by atoms with Crippen molar-refractivity contribution in [1.82, 2.24) is 0 Å². The first-order chi connectivity index (χ1) is 20.7. The van der Waals surface area contributed by atoms with Crippen molar-refractivity contribution in [2.75, 3.05) is 0 Å². The number of halogens is 4. The molecular formula is C32H18Cl3FN2O4S. The third kappa shape index (κ3) is 5.61. The van der Waals surface area contributed by atoms with Gasteiger partial charge in [-0.15, -0.1) is 11.3 Å². The lowest BCUT2D eigenvalue weighted by Crippen LogP contribution is -2.21. The zero-order valence-corrected chi connectivity index (χ0v) is 25.0. The van der Waals surface area contributed by atoms with Crippen molar-refractivity contribution in [2.24, 2.45) is 5.73 Å². The number of carbonyl (C=O) groups is 1. The maximum atomic E-state index is 14.0. The van der Waals surface area contributed by atoms with Gasteiger partial charge in [-0.05, 0) is 42.0 Å². The zero-order chi connectivity index (χ0) is 30.2. The van der Waals surface area contributed by atoms with Crippen LogP contribution in [0.25, 0.3) is 10.1 Å². The van der Waals surface area contributed by atoms with Crippen molar-refractivity contribution in [2.45, 2.75) is 12.5 Å². The van der Waals surface area contributed by atoms with Crippen LogP contribution in [0.3, 0.4) is 0 Å². The van der Waals surface area contributed by atoms with Gasteiger partial charge in [-0.3, -0.25) is 0 Å². The van der Waals surface area contributed by atoms with Gasteiger partial charge in [0.25, 0.3) is 0 Å². The number of esters is 1. The number of nitrogens with two attached hydrogens (primary N) is 1. The number of hydrogen-bond donors (Lipinski definition) is 1. The smallest absolute Gasteiger partial charge is 0.355 e. The Morgan fingerprint density at radius 3 is 2.51 bits per heavy atom. The van der Waals surface area contributed by atoms with Crippen LogP contribution in [0.1, 0.15) is 32.3 Å². The first kappa shape index (κ1) is 28.8. The number of carbonyl (C=O) groups excluding carboxylic acids is 1. The standard InChI is InChI=1S/C32H18Cl3FN2O4S/c33-18-11-23(34)28-26(12-18)43-30(29(28)35)32(39)41-20-9-10-21-25(13-20)42-31(38)22(14-37)27(21)16-5-7-19(8-6-16)40-15-17-3-1-2-4-24(17)36/h1-13,27H,15,38H2. The lowest BCUT2D eigenvalue weighted by molar-refractivity contribution is 0.0740. The van der Waals surface area contributed by atoms with Crippen LogP contribution in [0, 0.1) is 17.1 Å². The molecule has 11 heteroatoms. The lowest BCUT2D eigenvalue weighted by Gasteiger charge is -2.26. The Morgan fingerprint density at radius 1 is 1.02 bits per heavy atom. The number of benzene rings is 4. The molecule has 0 radical (unpaired) electrons. The van der Waals surface area contributed by atoms with Crippen LogP contribution in [0.5, 0.6) is 17.2 Å². The van der Waals surface area contributed by atoms with Crippen LogP contribution in [-0.2, 0) is 6.61 Å². The lowest BCUT2D eigenvalue weighted by atomic mass is 9.83. The summed E-state index contributed by atoms with van der Waals surface area (Å²) in [4.78, 5) is 13.3.